The first kappa shape index (κ1) is 10.6. The van der Waals surface area contributed by atoms with Crippen molar-refractivity contribution in [1.82, 2.24) is 26.0 Å². The number of nitrogens with zero attached hydrogens (tertiary/aromatic N) is 2. The van der Waals surface area contributed by atoms with Crippen LogP contribution in [-0.4, -0.2) is 39.3 Å². The lowest BCUT2D eigenvalue weighted by Gasteiger charge is -2.12. The molecule has 1 heterocycles. The minimum atomic E-state index is -0.565. The lowest BCUT2D eigenvalue weighted by Crippen LogP contribution is -2.45. The van der Waals surface area contributed by atoms with Crippen LogP contribution >= 0.6 is 0 Å². The van der Waals surface area contributed by atoms with E-state index in [4.69, 9.17) is 0 Å². The Labute approximate surface area is 92.0 Å². The lowest BCUT2D eigenvalue weighted by atomic mass is 10.3. The molecule has 7 nitrogen and oxygen atoms in total. The summed E-state index contributed by atoms with van der Waals surface area (Å²) >= 11 is 0. The highest BCUT2D eigenvalue weighted by atomic mass is 16.2. The molecule has 1 unspecified atom stereocenters. The van der Waals surface area contributed by atoms with E-state index in [0.717, 1.165) is 12.8 Å². The molecule has 1 saturated carbocycles. The SMILES string of the molecule is CC(NC(=O)c1cn[nH]n1)C(=O)NC1CC1. The molecule has 2 amide bonds. The predicted octanol–water partition coefficient (Wildman–Crippen LogP) is -0.798. The number of amides is 2. The molecule has 0 bridgehead atoms. The number of hydrogen-bond donors (Lipinski definition) is 3. The Balaban J connectivity index is 1.83. The van der Waals surface area contributed by atoms with Gasteiger partial charge in [-0.05, 0) is 19.8 Å². The standard InChI is InChI=1S/C9H13N5O2/c1-5(8(15)12-6-2-3-6)11-9(16)7-4-10-14-13-7/h4-6H,2-3H2,1H3,(H,11,16)(H,12,15)(H,10,13,14). The third-order valence-corrected chi connectivity index (χ3v) is 2.31. The first-order chi connectivity index (χ1) is 7.66. The van der Waals surface area contributed by atoms with E-state index >= 15 is 0 Å². The third-order valence-electron chi connectivity index (χ3n) is 2.31. The van der Waals surface area contributed by atoms with Gasteiger partial charge in [-0.1, -0.05) is 0 Å². The average Bonchev–Trinajstić information content (AvgIpc) is 2.89. The minimum Gasteiger partial charge on any atom is -0.352 e. The fourth-order valence-electron chi connectivity index (χ4n) is 1.20. The molecule has 0 spiro atoms. The minimum absolute atomic E-state index is 0.167. The molecule has 7 heteroatoms. The summed E-state index contributed by atoms with van der Waals surface area (Å²) in [6, 6.07) is -0.274. The van der Waals surface area contributed by atoms with Gasteiger partial charge in [-0.15, -0.1) is 0 Å². The molecule has 3 N–H and O–H groups in total. The maximum atomic E-state index is 11.5. The molecule has 1 atom stereocenters. The van der Waals surface area contributed by atoms with Crippen LogP contribution in [-0.2, 0) is 4.79 Å². The van der Waals surface area contributed by atoms with Crippen LogP contribution in [0.5, 0.6) is 0 Å². The van der Waals surface area contributed by atoms with Gasteiger partial charge in [0.2, 0.25) is 5.91 Å². The fraction of sp³-hybridized carbons (Fsp3) is 0.556. The van der Waals surface area contributed by atoms with Crippen LogP contribution in [0.3, 0.4) is 0 Å². The summed E-state index contributed by atoms with van der Waals surface area (Å²) in [5, 5.41) is 14.8. The van der Waals surface area contributed by atoms with Crippen LogP contribution in [0, 0.1) is 0 Å². The summed E-state index contributed by atoms with van der Waals surface area (Å²) in [6.07, 6.45) is 3.35. The van der Waals surface area contributed by atoms with Gasteiger partial charge >= 0.3 is 0 Å². The Morgan fingerprint density at radius 3 is 2.88 bits per heavy atom. The monoisotopic (exact) mass is 223 g/mol. The van der Waals surface area contributed by atoms with E-state index in [1.54, 1.807) is 6.92 Å². The van der Waals surface area contributed by atoms with Gasteiger partial charge in [0.05, 0.1) is 6.20 Å². The predicted molar refractivity (Wildman–Crippen MR) is 54.5 cm³/mol. The highest BCUT2D eigenvalue weighted by Crippen LogP contribution is 2.18. The normalized spacial score (nSPS) is 16.6. The maximum absolute atomic E-state index is 11.5. The molecular formula is C9H13N5O2. The number of H-pyrrole nitrogens is 1. The van der Waals surface area contributed by atoms with E-state index in [9.17, 15) is 9.59 Å². The van der Waals surface area contributed by atoms with Crippen molar-refractivity contribution in [1.29, 1.82) is 0 Å². The van der Waals surface area contributed by atoms with Crippen molar-refractivity contribution in [3.05, 3.63) is 11.9 Å². The number of hydrogen-bond acceptors (Lipinski definition) is 4. The van der Waals surface area contributed by atoms with E-state index < -0.39 is 11.9 Å². The first-order valence-electron chi connectivity index (χ1n) is 5.14. The molecule has 0 saturated heterocycles. The number of aromatic nitrogens is 3. The van der Waals surface area contributed by atoms with Crippen LogP contribution in [0.1, 0.15) is 30.3 Å². The van der Waals surface area contributed by atoms with Gasteiger partial charge in [-0.25, -0.2) is 0 Å². The molecule has 16 heavy (non-hydrogen) atoms. The van der Waals surface area contributed by atoms with Crippen LogP contribution in [0.4, 0.5) is 0 Å². The molecular weight excluding hydrogens is 210 g/mol. The number of carbonyl (C=O) groups excluding carboxylic acids is 2. The summed E-state index contributed by atoms with van der Waals surface area (Å²) in [4.78, 5) is 23.0. The van der Waals surface area contributed by atoms with Crippen molar-refractivity contribution >= 4 is 11.8 Å². The summed E-state index contributed by atoms with van der Waals surface area (Å²) in [5.41, 5.74) is 0.172. The summed E-state index contributed by atoms with van der Waals surface area (Å²) in [7, 11) is 0. The second kappa shape index (κ2) is 4.30. The lowest BCUT2D eigenvalue weighted by molar-refractivity contribution is -0.122. The molecule has 86 valence electrons. The fourth-order valence-corrected chi connectivity index (χ4v) is 1.20. The van der Waals surface area contributed by atoms with Gasteiger partial charge in [0, 0.05) is 6.04 Å². The number of nitrogens with one attached hydrogen (secondary N) is 3. The van der Waals surface area contributed by atoms with Crippen LogP contribution in [0.15, 0.2) is 6.20 Å². The van der Waals surface area contributed by atoms with E-state index in [-0.39, 0.29) is 11.6 Å². The Hall–Kier alpha value is -1.92. The quantitative estimate of drug-likeness (QED) is 0.622. The van der Waals surface area contributed by atoms with E-state index in [2.05, 4.69) is 26.0 Å². The summed E-state index contributed by atoms with van der Waals surface area (Å²) < 4.78 is 0. The van der Waals surface area contributed by atoms with Gasteiger partial charge in [0.1, 0.15) is 6.04 Å². The second-order valence-corrected chi connectivity index (χ2v) is 3.83. The molecule has 0 aliphatic heterocycles. The van der Waals surface area contributed by atoms with Gasteiger partial charge in [0.15, 0.2) is 5.69 Å². The number of carbonyl (C=O) groups is 2. The van der Waals surface area contributed by atoms with Gasteiger partial charge < -0.3 is 10.6 Å². The molecule has 1 aliphatic carbocycles. The summed E-state index contributed by atoms with van der Waals surface area (Å²) in [6.45, 7) is 1.63. The summed E-state index contributed by atoms with van der Waals surface area (Å²) in [5.74, 6) is -0.577. The Bertz CT molecular complexity index is 385. The van der Waals surface area contributed by atoms with E-state index in [0.29, 0.717) is 6.04 Å². The molecule has 1 aliphatic rings. The van der Waals surface area contributed by atoms with E-state index in [1.807, 2.05) is 0 Å². The first-order valence-corrected chi connectivity index (χ1v) is 5.14. The van der Waals surface area contributed by atoms with Crippen molar-refractivity contribution in [3.8, 4) is 0 Å². The van der Waals surface area contributed by atoms with Crippen LogP contribution < -0.4 is 10.6 Å². The van der Waals surface area contributed by atoms with Gasteiger partial charge in [0.25, 0.3) is 5.91 Å². The molecule has 0 radical (unpaired) electrons. The molecule has 1 aromatic heterocycles. The van der Waals surface area contributed by atoms with Gasteiger partial charge in [-0.3, -0.25) is 9.59 Å². The van der Waals surface area contributed by atoms with Crippen molar-refractivity contribution in [2.24, 2.45) is 0 Å². The van der Waals surface area contributed by atoms with Crippen molar-refractivity contribution in [2.75, 3.05) is 0 Å². The number of rotatable bonds is 4. The van der Waals surface area contributed by atoms with Gasteiger partial charge in [-0.2, -0.15) is 15.4 Å². The highest BCUT2D eigenvalue weighted by molar-refractivity contribution is 5.95. The van der Waals surface area contributed by atoms with Crippen molar-refractivity contribution in [3.63, 3.8) is 0 Å². The third kappa shape index (κ3) is 2.56. The van der Waals surface area contributed by atoms with Crippen LogP contribution in [0.25, 0.3) is 0 Å². The Morgan fingerprint density at radius 1 is 1.56 bits per heavy atom. The Kier molecular flexibility index (Phi) is 2.84. The average molecular weight is 223 g/mol. The zero-order valence-electron chi connectivity index (χ0n) is 8.86. The smallest absolute Gasteiger partial charge is 0.274 e. The topological polar surface area (TPSA) is 99.8 Å². The van der Waals surface area contributed by atoms with Crippen LogP contribution in [0.2, 0.25) is 0 Å². The zero-order valence-corrected chi connectivity index (χ0v) is 8.86. The molecule has 1 fully saturated rings. The van der Waals surface area contributed by atoms with Crippen molar-refractivity contribution < 1.29 is 9.59 Å². The zero-order chi connectivity index (χ0) is 11.5. The highest BCUT2D eigenvalue weighted by Gasteiger charge is 2.26. The van der Waals surface area contributed by atoms with E-state index in [1.165, 1.54) is 6.20 Å². The second-order valence-electron chi connectivity index (χ2n) is 3.83. The Morgan fingerprint density at radius 2 is 2.31 bits per heavy atom. The number of aromatic amines is 1. The molecule has 1 aromatic rings. The molecule has 0 aromatic carbocycles. The maximum Gasteiger partial charge on any atom is 0.274 e. The van der Waals surface area contributed by atoms with Crippen molar-refractivity contribution in [2.45, 2.75) is 31.8 Å². The largest absolute Gasteiger partial charge is 0.352 e. The molecule has 2 rings (SSSR count).